The molecule has 18 heavy (non-hydrogen) atoms. The highest BCUT2D eigenvalue weighted by Crippen LogP contribution is 2.30. The van der Waals surface area contributed by atoms with Gasteiger partial charge in [-0.2, -0.15) is 0 Å². The Morgan fingerprint density at radius 2 is 1.89 bits per heavy atom. The van der Waals surface area contributed by atoms with E-state index in [0.717, 1.165) is 6.08 Å². The average molecular weight is 254 g/mol. The zero-order valence-corrected chi connectivity index (χ0v) is 10.5. The smallest absolute Gasteiger partial charge is 0.330 e. The number of ether oxygens (including phenoxy) is 3. The lowest BCUT2D eigenvalue weighted by molar-refractivity contribution is -0.137. The van der Waals surface area contributed by atoms with Crippen LogP contribution in [0.1, 0.15) is 12.5 Å². The number of rotatable bonds is 5. The van der Waals surface area contributed by atoms with E-state index in [-0.39, 0.29) is 12.2 Å². The van der Waals surface area contributed by atoms with E-state index in [9.17, 15) is 9.18 Å². The molecule has 0 bridgehead atoms. The van der Waals surface area contributed by atoms with Crippen LogP contribution in [0.15, 0.2) is 18.2 Å². The molecule has 0 aliphatic rings. The van der Waals surface area contributed by atoms with Crippen molar-refractivity contribution in [2.24, 2.45) is 0 Å². The lowest BCUT2D eigenvalue weighted by atomic mass is 10.1. The largest absolute Gasteiger partial charge is 0.493 e. The molecule has 0 amide bonds. The van der Waals surface area contributed by atoms with Crippen LogP contribution in [0.4, 0.5) is 4.39 Å². The Balaban J connectivity index is 2.99. The topological polar surface area (TPSA) is 44.8 Å². The van der Waals surface area contributed by atoms with E-state index in [1.165, 1.54) is 32.4 Å². The minimum atomic E-state index is -0.522. The molecule has 0 saturated heterocycles. The fourth-order valence-electron chi connectivity index (χ4n) is 1.35. The molecule has 0 unspecified atom stereocenters. The van der Waals surface area contributed by atoms with Crippen LogP contribution in [-0.2, 0) is 9.53 Å². The molecule has 0 aromatic heterocycles. The summed E-state index contributed by atoms with van der Waals surface area (Å²) in [4.78, 5) is 11.1. The van der Waals surface area contributed by atoms with Crippen molar-refractivity contribution in [2.75, 3.05) is 20.8 Å². The van der Waals surface area contributed by atoms with Crippen LogP contribution in [0.5, 0.6) is 11.5 Å². The number of methoxy groups -OCH3 is 2. The van der Waals surface area contributed by atoms with Crippen molar-refractivity contribution in [3.8, 4) is 11.5 Å². The fraction of sp³-hybridized carbons (Fsp3) is 0.308. The zero-order chi connectivity index (χ0) is 13.5. The molecular formula is C13H15FO4. The second-order valence-corrected chi connectivity index (χ2v) is 3.31. The van der Waals surface area contributed by atoms with Crippen LogP contribution in [0.2, 0.25) is 0 Å². The van der Waals surface area contributed by atoms with Gasteiger partial charge in [0.2, 0.25) is 0 Å². The van der Waals surface area contributed by atoms with Gasteiger partial charge in [-0.3, -0.25) is 0 Å². The minimum absolute atomic E-state index is 0.223. The Hall–Kier alpha value is -2.04. The molecule has 0 saturated carbocycles. The maximum Gasteiger partial charge on any atom is 0.330 e. The normalized spacial score (nSPS) is 10.4. The van der Waals surface area contributed by atoms with Crippen molar-refractivity contribution in [2.45, 2.75) is 6.92 Å². The average Bonchev–Trinajstić information content (AvgIpc) is 2.37. The highest BCUT2D eigenvalue weighted by Gasteiger charge is 2.09. The summed E-state index contributed by atoms with van der Waals surface area (Å²) in [6.07, 6.45) is 2.49. The molecule has 4 nitrogen and oxygen atoms in total. The summed E-state index contributed by atoms with van der Waals surface area (Å²) in [7, 11) is 2.88. The summed E-state index contributed by atoms with van der Waals surface area (Å²) >= 11 is 0. The first kappa shape index (κ1) is 14.0. The van der Waals surface area contributed by atoms with E-state index >= 15 is 0 Å². The molecule has 98 valence electrons. The molecule has 0 aliphatic carbocycles. The molecule has 0 radical (unpaired) electrons. The number of benzene rings is 1. The van der Waals surface area contributed by atoms with Gasteiger partial charge < -0.3 is 14.2 Å². The first-order valence-corrected chi connectivity index (χ1v) is 5.38. The summed E-state index contributed by atoms with van der Waals surface area (Å²) in [6.45, 7) is 1.97. The molecule has 1 aromatic rings. The van der Waals surface area contributed by atoms with E-state index in [0.29, 0.717) is 11.5 Å². The summed E-state index contributed by atoms with van der Waals surface area (Å²) < 4.78 is 28.4. The van der Waals surface area contributed by atoms with Gasteiger partial charge in [0.05, 0.1) is 20.8 Å². The predicted molar refractivity (Wildman–Crippen MR) is 65.2 cm³/mol. The Kier molecular flexibility index (Phi) is 5.17. The second kappa shape index (κ2) is 6.64. The van der Waals surface area contributed by atoms with E-state index < -0.39 is 11.8 Å². The number of carbonyl (C=O) groups is 1. The lowest BCUT2D eigenvalue weighted by Gasteiger charge is -2.08. The number of esters is 1. The summed E-state index contributed by atoms with van der Waals surface area (Å²) in [5.74, 6) is -0.342. The van der Waals surface area contributed by atoms with Gasteiger partial charge in [-0.1, -0.05) is 0 Å². The molecule has 0 aliphatic heterocycles. The second-order valence-electron chi connectivity index (χ2n) is 3.31. The fourth-order valence-corrected chi connectivity index (χ4v) is 1.35. The highest BCUT2D eigenvalue weighted by molar-refractivity contribution is 5.87. The predicted octanol–water partition coefficient (Wildman–Crippen LogP) is 2.42. The van der Waals surface area contributed by atoms with Gasteiger partial charge >= 0.3 is 5.97 Å². The van der Waals surface area contributed by atoms with Crippen LogP contribution in [0.3, 0.4) is 0 Å². The Morgan fingerprint density at radius 3 is 2.44 bits per heavy atom. The van der Waals surface area contributed by atoms with Crippen LogP contribution in [0.25, 0.3) is 6.08 Å². The zero-order valence-electron chi connectivity index (χ0n) is 10.5. The Morgan fingerprint density at radius 1 is 1.28 bits per heavy atom. The van der Waals surface area contributed by atoms with Crippen LogP contribution < -0.4 is 9.47 Å². The minimum Gasteiger partial charge on any atom is -0.493 e. The van der Waals surface area contributed by atoms with Crippen molar-refractivity contribution in [3.05, 3.63) is 29.6 Å². The van der Waals surface area contributed by atoms with Gasteiger partial charge in [-0.15, -0.1) is 0 Å². The van der Waals surface area contributed by atoms with Crippen molar-refractivity contribution in [1.29, 1.82) is 0 Å². The lowest BCUT2D eigenvalue weighted by Crippen LogP contribution is -1.99. The molecule has 0 atom stereocenters. The molecule has 1 aromatic carbocycles. The van der Waals surface area contributed by atoms with Crippen molar-refractivity contribution in [3.63, 3.8) is 0 Å². The SMILES string of the molecule is CCOC(=O)C=Cc1cc(OC)c(OC)cc1F. The summed E-state index contributed by atoms with van der Waals surface area (Å²) in [5, 5.41) is 0. The van der Waals surface area contributed by atoms with E-state index in [2.05, 4.69) is 0 Å². The van der Waals surface area contributed by atoms with Crippen molar-refractivity contribution in [1.82, 2.24) is 0 Å². The molecular weight excluding hydrogens is 239 g/mol. The molecule has 1 rings (SSSR count). The summed E-state index contributed by atoms with van der Waals surface area (Å²) in [5.41, 5.74) is 0.223. The first-order valence-electron chi connectivity index (χ1n) is 5.38. The van der Waals surface area contributed by atoms with Gasteiger partial charge in [0.15, 0.2) is 11.5 Å². The third-order valence-corrected chi connectivity index (χ3v) is 2.19. The Labute approximate surface area is 105 Å². The Bertz CT molecular complexity index is 455. The first-order chi connectivity index (χ1) is 8.62. The molecule has 5 heteroatoms. The van der Waals surface area contributed by atoms with E-state index in [1.54, 1.807) is 6.92 Å². The third kappa shape index (κ3) is 3.48. The maximum atomic E-state index is 13.7. The number of hydrogen-bond acceptors (Lipinski definition) is 4. The summed E-state index contributed by atoms with van der Waals surface area (Å²) in [6, 6.07) is 2.65. The molecule has 0 spiro atoms. The van der Waals surface area contributed by atoms with Gasteiger partial charge in [0, 0.05) is 17.7 Å². The van der Waals surface area contributed by atoms with Gasteiger partial charge in [0.1, 0.15) is 5.82 Å². The van der Waals surface area contributed by atoms with E-state index in [4.69, 9.17) is 14.2 Å². The monoisotopic (exact) mass is 254 g/mol. The van der Waals surface area contributed by atoms with Gasteiger partial charge in [-0.25, -0.2) is 9.18 Å². The molecule has 0 fully saturated rings. The van der Waals surface area contributed by atoms with Crippen molar-refractivity contribution >= 4 is 12.0 Å². The van der Waals surface area contributed by atoms with Crippen LogP contribution in [0, 0.1) is 5.82 Å². The maximum absolute atomic E-state index is 13.7. The van der Waals surface area contributed by atoms with E-state index in [1.807, 2.05) is 0 Å². The van der Waals surface area contributed by atoms with Crippen LogP contribution in [-0.4, -0.2) is 26.8 Å². The van der Waals surface area contributed by atoms with Crippen molar-refractivity contribution < 1.29 is 23.4 Å². The molecule has 0 N–H and O–H groups in total. The quantitative estimate of drug-likeness (QED) is 0.598. The number of carbonyl (C=O) groups excluding carboxylic acids is 1. The van der Waals surface area contributed by atoms with Gasteiger partial charge in [0.25, 0.3) is 0 Å². The number of halogens is 1. The third-order valence-electron chi connectivity index (χ3n) is 2.19. The number of hydrogen-bond donors (Lipinski definition) is 0. The highest BCUT2D eigenvalue weighted by atomic mass is 19.1. The van der Waals surface area contributed by atoms with Gasteiger partial charge in [-0.05, 0) is 19.1 Å². The molecule has 0 heterocycles. The van der Waals surface area contributed by atoms with Crippen LogP contribution >= 0.6 is 0 Å². The standard InChI is InChI=1S/C13H15FO4/c1-4-18-13(15)6-5-9-7-11(16-2)12(17-3)8-10(9)14/h5-8H,4H2,1-3H3.